The van der Waals surface area contributed by atoms with Gasteiger partial charge in [-0.3, -0.25) is 24.7 Å². The van der Waals surface area contributed by atoms with Gasteiger partial charge in [0.25, 0.3) is 5.69 Å². The molecule has 2 aromatic carbocycles. The van der Waals surface area contributed by atoms with Crippen molar-refractivity contribution in [3.05, 3.63) is 105 Å². The lowest BCUT2D eigenvalue weighted by atomic mass is 9.79. The molecule has 7 rings (SSSR count). The molecule has 40 heavy (non-hydrogen) atoms. The second kappa shape index (κ2) is 8.70. The van der Waals surface area contributed by atoms with Gasteiger partial charge in [0.1, 0.15) is 5.82 Å². The molecule has 1 N–H and O–H groups in total. The number of anilines is 1. The van der Waals surface area contributed by atoms with Gasteiger partial charge < -0.3 is 14.6 Å². The number of benzene rings is 2. The van der Waals surface area contributed by atoms with Crippen molar-refractivity contribution < 1.29 is 19.2 Å². The Morgan fingerprint density at radius 2 is 1.98 bits per heavy atom. The number of carbonyl (C=O) groups is 2. The fourth-order valence-corrected chi connectivity index (χ4v) is 6.26. The smallest absolute Gasteiger partial charge is 0.310 e. The number of nitrogens with one attached hydrogen (secondary N) is 1. The standard InChI is InChI=1S/C30H23N5O5/c1-40-26(36)12-20-15-34(24-5-2-6-25(27(20)24)35(38)39)16-21-8-7-17-10-18-13-30(14-19(18)11-23(17)32-21)22-4-3-9-31-28(22)33-29(30)37/h2-11,15H,12-14,16H2,1H3,(H,31,33,37)/t30-/m0/s1. The zero-order chi connectivity index (χ0) is 27.6. The lowest BCUT2D eigenvalue weighted by Crippen LogP contribution is -2.35. The zero-order valence-electron chi connectivity index (χ0n) is 21.5. The monoisotopic (exact) mass is 533 g/mol. The van der Waals surface area contributed by atoms with Crippen LogP contribution in [0, 0.1) is 10.1 Å². The average Bonchev–Trinajstić information content (AvgIpc) is 3.58. The van der Waals surface area contributed by atoms with E-state index in [9.17, 15) is 19.7 Å². The molecule has 2 aliphatic rings. The van der Waals surface area contributed by atoms with E-state index in [0.717, 1.165) is 33.3 Å². The summed E-state index contributed by atoms with van der Waals surface area (Å²) in [4.78, 5) is 45.7. The van der Waals surface area contributed by atoms with Crippen LogP contribution in [-0.2, 0) is 45.5 Å². The Kier molecular flexibility index (Phi) is 5.21. The fraction of sp³-hybridized carbons (Fsp3) is 0.200. The van der Waals surface area contributed by atoms with Gasteiger partial charge in [0.2, 0.25) is 5.91 Å². The Morgan fingerprint density at radius 3 is 2.77 bits per heavy atom. The van der Waals surface area contributed by atoms with Crippen molar-refractivity contribution in [3.63, 3.8) is 0 Å². The van der Waals surface area contributed by atoms with Crippen LogP contribution in [0.1, 0.15) is 27.9 Å². The quantitative estimate of drug-likeness (QED) is 0.203. The number of rotatable bonds is 5. The van der Waals surface area contributed by atoms with Gasteiger partial charge in [-0.15, -0.1) is 0 Å². The molecule has 0 saturated heterocycles. The van der Waals surface area contributed by atoms with Crippen molar-refractivity contribution in [1.29, 1.82) is 0 Å². The molecule has 1 atom stereocenters. The van der Waals surface area contributed by atoms with E-state index in [-0.39, 0.29) is 18.0 Å². The highest BCUT2D eigenvalue weighted by Gasteiger charge is 2.51. The van der Waals surface area contributed by atoms with Gasteiger partial charge in [-0.1, -0.05) is 18.2 Å². The van der Waals surface area contributed by atoms with E-state index in [1.54, 1.807) is 24.5 Å². The normalized spacial score (nSPS) is 17.3. The van der Waals surface area contributed by atoms with Crippen LogP contribution in [0.2, 0.25) is 0 Å². The van der Waals surface area contributed by atoms with Crippen LogP contribution in [0.15, 0.2) is 67.0 Å². The molecule has 0 unspecified atom stereocenters. The number of carbonyl (C=O) groups excluding carboxylic acids is 2. The van der Waals surface area contributed by atoms with E-state index >= 15 is 0 Å². The first-order valence-electron chi connectivity index (χ1n) is 12.9. The highest BCUT2D eigenvalue weighted by Crippen LogP contribution is 2.47. The van der Waals surface area contributed by atoms with Crippen LogP contribution in [0.3, 0.4) is 0 Å². The third kappa shape index (κ3) is 3.56. The van der Waals surface area contributed by atoms with E-state index in [4.69, 9.17) is 9.72 Å². The predicted octanol–water partition coefficient (Wildman–Crippen LogP) is 4.25. The van der Waals surface area contributed by atoms with Crippen LogP contribution in [-0.4, -0.2) is 38.4 Å². The Balaban J connectivity index is 1.26. The van der Waals surface area contributed by atoms with Crippen molar-refractivity contribution >= 4 is 45.2 Å². The number of nitro benzene ring substituents is 1. The van der Waals surface area contributed by atoms with E-state index in [1.807, 2.05) is 28.8 Å². The Hall–Kier alpha value is -5.12. The van der Waals surface area contributed by atoms with Crippen molar-refractivity contribution in [2.24, 2.45) is 0 Å². The number of esters is 1. The molecule has 10 heteroatoms. The minimum atomic E-state index is -0.652. The summed E-state index contributed by atoms with van der Waals surface area (Å²) in [7, 11) is 1.29. The Bertz CT molecular complexity index is 1910. The third-order valence-electron chi connectivity index (χ3n) is 8.10. The van der Waals surface area contributed by atoms with E-state index in [1.165, 1.54) is 13.2 Å². The minimum Gasteiger partial charge on any atom is -0.469 e. The van der Waals surface area contributed by atoms with Gasteiger partial charge in [0, 0.05) is 29.4 Å². The molecule has 0 radical (unpaired) electrons. The zero-order valence-corrected chi connectivity index (χ0v) is 21.5. The van der Waals surface area contributed by atoms with Gasteiger partial charge >= 0.3 is 5.97 Å². The van der Waals surface area contributed by atoms with Crippen LogP contribution >= 0.6 is 0 Å². The maximum Gasteiger partial charge on any atom is 0.310 e. The summed E-state index contributed by atoms with van der Waals surface area (Å²) in [5.74, 6) is 0.143. The molecule has 0 saturated carbocycles. The van der Waals surface area contributed by atoms with Crippen LogP contribution in [0.5, 0.6) is 0 Å². The van der Waals surface area contributed by atoms with E-state index in [0.29, 0.717) is 41.7 Å². The second-order valence-electron chi connectivity index (χ2n) is 10.4. The fourth-order valence-electron chi connectivity index (χ4n) is 6.26. The van der Waals surface area contributed by atoms with E-state index < -0.39 is 16.3 Å². The molecule has 198 valence electrons. The maximum atomic E-state index is 13.1. The molecular weight excluding hydrogens is 510 g/mol. The van der Waals surface area contributed by atoms with Gasteiger partial charge in [-0.25, -0.2) is 4.98 Å². The van der Waals surface area contributed by atoms with Crippen molar-refractivity contribution in [1.82, 2.24) is 14.5 Å². The molecule has 3 aromatic heterocycles. The summed E-state index contributed by atoms with van der Waals surface area (Å²) in [5.41, 5.74) is 5.20. The lowest BCUT2D eigenvalue weighted by molar-refractivity contribution is -0.383. The number of fused-ring (bicyclic) bond motifs is 5. The van der Waals surface area contributed by atoms with Crippen LogP contribution in [0.4, 0.5) is 11.5 Å². The molecule has 1 aliphatic heterocycles. The first-order valence-corrected chi connectivity index (χ1v) is 12.9. The molecule has 10 nitrogen and oxygen atoms in total. The summed E-state index contributed by atoms with van der Waals surface area (Å²) in [5, 5.41) is 16.1. The number of non-ortho nitro benzene ring substituents is 1. The number of nitrogens with zero attached hydrogens (tertiary/aromatic N) is 4. The number of methoxy groups -OCH3 is 1. The summed E-state index contributed by atoms with van der Waals surface area (Å²) in [6, 6.07) is 16.8. The lowest BCUT2D eigenvalue weighted by Gasteiger charge is -2.20. The number of aromatic nitrogens is 3. The van der Waals surface area contributed by atoms with Crippen molar-refractivity contribution in [2.45, 2.75) is 31.2 Å². The molecule has 1 spiro atoms. The van der Waals surface area contributed by atoms with Gasteiger partial charge in [-0.2, -0.15) is 0 Å². The minimum absolute atomic E-state index is 0.0218. The summed E-state index contributed by atoms with van der Waals surface area (Å²) in [6.07, 6.45) is 4.57. The molecule has 1 aliphatic carbocycles. The SMILES string of the molecule is COC(=O)Cc1cn(Cc2ccc3cc4c(cc3n2)C[C@]2(C4)C(=O)Nc3ncccc32)c2cccc([N+](=O)[O-])c12. The maximum absolute atomic E-state index is 13.1. The number of amides is 1. The Labute approximate surface area is 227 Å². The topological polar surface area (TPSA) is 129 Å². The van der Waals surface area contributed by atoms with Gasteiger partial charge in [0.15, 0.2) is 0 Å². The summed E-state index contributed by atoms with van der Waals surface area (Å²) >= 11 is 0. The molecule has 4 heterocycles. The van der Waals surface area contributed by atoms with Gasteiger partial charge in [-0.05, 0) is 59.9 Å². The number of hydrogen-bond acceptors (Lipinski definition) is 7. The van der Waals surface area contributed by atoms with Crippen LogP contribution < -0.4 is 5.32 Å². The highest BCUT2D eigenvalue weighted by molar-refractivity contribution is 6.06. The van der Waals surface area contributed by atoms with Crippen molar-refractivity contribution in [2.75, 3.05) is 12.4 Å². The molecule has 1 amide bonds. The van der Waals surface area contributed by atoms with E-state index in [2.05, 4.69) is 22.4 Å². The first-order chi connectivity index (χ1) is 19.4. The largest absolute Gasteiger partial charge is 0.469 e. The Morgan fingerprint density at radius 1 is 1.15 bits per heavy atom. The third-order valence-corrected chi connectivity index (χ3v) is 8.10. The molecular formula is C30H23N5O5. The van der Waals surface area contributed by atoms with Crippen molar-refractivity contribution in [3.8, 4) is 0 Å². The number of ether oxygens (including phenoxy) is 1. The molecule has 5 aromatic rings. The summed E-state index contributed by atoms with van der Waals surface area (Å²) in [6.45, 7) is 0.358. The highest BCUT2D eigenvalue weighted by atomic mass is 16.6. The van der Waals surface area contributed by atoms with Gasteiger partial charge in [0.05, 0.1) is 52.5 Å². The molecule has 0 bridgehead atoms. The summed E-state index contributed by atoms with van der Waals surface area (Å²) < 4.78 is 6.70. The number of pyridine rings is 2. The molecule has 0 fully saturated rings. The van der Waals surface area contributed by atoms with Crippen LogP contribution in [0.25, 0.3) is 21.8 Å². The number of hydrogen-bond donors (Lipinski definition) is 1. The first kappa shape index (κ1) is 24.0. The average molecular weight is 534 g/mol. The second-order valence-corrected chi connectivity index (χ2v) is 10.4. The predicted molar refractivity (Wildman–Crippen MR) is 147 cm³/mol. The number of nitro groups is 1.